The molecule has 2 heterocycles. The number of carboxylic acid groups (broad SMARTS) is 1. The van der Waals surface area contributed by atoms with Gasteiger partial charge in [-0.3, -0.25) is 9.59 Å². The molecule has 0 spiro atoms. The largest absolute Gasteiger partial charge is 0.484 e. The van der Waals surface area contributed by atoms with Gasteiger partial charge in [-0.25, -0.2) is 4.79 Å². The second-order valence-corrected chi connectivity index (χ2v) is 8.11. The summed E-state index contributed by atoms with van der Waals surface area (Å²) < 4.78 is 11.1. The van der Waals surface area contributed by atoms with Gasteiger partial charge in [-0.15, -0.1) is 11.3 Å². The number of aliphatic carboxylic acids is 1. The van der Waals surface area contributed by atoms with Gasteiger partial charge in [0, 0.05) is 17.0 Å². The first-order valence-electron chi connectivity index (χ1n) is 8.73. The average Bonchev–Trinajstić information content (AvgIpc) is 3.31. The number of Topliss-reactive ketones (excluding diaryl/α,β-unsaturated/α-hetero) is 1. The summed E-state index contributed by atoms with van der Waals surface area (Å²) in [6, 6.07) is 7.51. The molecule has 1 unspecified atom stereocenters. The number of allylic oxidation sites excluding steroid dienone is 1. The molecule has 0 fully saturated rings. The fourth-order valence-electron chi connectivity index (χ4n) is 2.64. The summed E-state index contributed by atoms with van der Waals surface area (Å²) in [6.07, 6.45) is 3.88. The maximum absolute atomic E-state index is 12.4. The maximum atomic E-state index is 12.4. The Hall–Kier alpha value is -2.78. The number of carbonyl (C=O) groups is 3. The number of ketones is 1. The van der Waals surface area contributed by atoms with Crippen molar-refractivity contribution in [1.29, 1.82) is 0 Å². The van der Waals surface area contributed by atoms with Crippen molar-refractivity contribution in [2.24, 2.45) is 0 Å². The molecule has 0 aliphatic carbocycles. The van der Waals surface area contributed by atoms with Crippen LogP contribution in [0.2, 0.25) is 0 Å². The number of nitrogens with one attached hydrogen (secondary N) is 1. The smallest absolute Gasteiger partial charge is 0.326 e. The molecule has 7 nitrogen and oxygen atoms in total. The van der Waals surface area contributed by atoms with Crippen LogP contribution in [0.1, 0.15) is 21.7 Å². The van der Waals surface area contributed by atoms with E-state index in [-0.39, 0.29) is 18.1 Å². The van der Waals surface area contributed by atoms with Gasteiger partial charge in [0.2, 0.25) is 5.78 Å². The Bertz CT molecular complexity index is 938. The highest BCUT2D eigenvalue weighted by atomic mass is 32.2. The first-order valence-corrected chi connectivity index (χ1v) is 11.0. The number of hydrogen-bond donors (Lipinski definition) is 2. The van der Waals surface area contributed by atoms with Crippen LogP contribution in [-0.2, 0) is 9.59 Å². The van der Waals surface area contributed by atoms with Crippen LogP contribution in [0.15, 0.2) is 41.5 Å². The molecule has 1 aliphatic rings. The van der Waals surface area contributed by atoms with E-state index in [2.05, 4.69) is 5.32 Å². The predicted molar refractivity (Wildman–Crippen MR) is 112 cm³/mol. The molecule has 9 heteroatoms. The van der Waals surface area contributed by atoms with E-state index in [0.717, 1.165) is 4.88 Å². The third-order valence-corrected chi connectivity index (χ3v) is 5.54. The van der Waals surface area contributed by atoms with E-state index in [9.17, 15) is 14.4 Å². The molecule has 1 aromatic carbocycles. The second-order valence-electron chi connectivity index (χ2n) is 6.14. The van der Waals surface area contributed by atoms with Gasteiger partial charge in [-0.2, -0.15) is 11.8 Å². The summed E-state index contributed by atoms with van der Waals surface area (Å²) in [7, 11) is 0. The number of ether oxygens (including phenoxy) is 2. The number of carbonyl (C=O) groups excluding carboxylic acids is 2. The molecular formula is C20H19NO6S2. The van der Waals surface area contributed by atoms with Crippen molar-refractivity contribution in [1.82, 2.24) is 5.32 Å². The molecule has 0 radical (unpaired) electrons. The lowest BCUT2D eigenvalue weighted by Crippen LogP contribution is -2.43. The van der Waals surface area contributed by atoms with E-state index in [1.54, 1.807) is 18.2 Å². The van der Waals surface area contributed by atoms with E-state index in [1.807, 2.05) is 23.8 Å². The third kappa shape index (κ3) is 5.39. The van der Waals surface area contributed by atoms with Crippen LogP contribution in [0.25, 0.3) is 6.08 Å². The van der Waals surface area contributed by atoms with Gasteiger partial charge in [-0.1, -0.05) is 6.07 Å². The van der Waals surface area contributed by atoms with Gasteiger partial charge in [0.15, 0.2) is 12.4 Å². The second kappa shape index (κ2) is 9.62. The lowest BCUT2D eigenvalue weighted by Gasteiger charge is -2.14. The van der Waals surface area contributed by atoms with Crippen LogP contribution < -0.4 is 14.8 Å². The molecule has 0 bridgehead atoms. The minimum absolute atomic E-state index is 0.212. The number of fused-ring (bicyclic) bond motifs is 1. The number of thioether (sulfide) groups is 1. The van der Waals surface area contributed by atoms with E-state index < -0.39 is 17.9 Å². The normalized spacial score (nSPS) is 14.9. The molecule has 29 heavy (non-hydrogen) atoms. The summed E-state index contributed by atoms with van der Waals surface area (Å²) >= 11 is 3.00. The van der Waals surface area contributed by atoms with Gasteiger partial charge in [0.1, 0.15) is 17.5 Å². The number of hydrogen-bond acceptors (Lipinski definition) is 7. The molecule has 1 aromatic heterocycles. The van der Waals surface area contributed by atoms with E-state index in [4.69, 9.17) is 14.6 Å². The molecule has 2 N–H and O–H groups in total. The Morgan fingerprint density at radius 1 is 1.38 bits per heavy atom. The van der Waals surface area contributed by atoms with Crippen molar-refractivity contribution >= 4 is 46.8 Å². The molecule has 3 rings (SSSR count). The Morgan fingerprint density at radius 3 is 2.90 bits per heavy atom. The van der Waals surface area contributed by atoms with Crippen molar-refractivity contribution in [2.45, 2.75) is 12.5 Å². The first kappa shape index (κ1) is 20.9. The van der Waals surface area contributed by atoms with Gasteiger partial charge >= 0.3 is 5.97 Å². The molecule has 1 aliphatic heterocycles. The van der Waals surface area contributed by atoms with Gasteiger partial charge in [0.05, 0.1) is 5.56 Å². The SMILES string of the molecule is CSCCC(NC(=O)COc1ccc2c(c1)OC(=Cc1cccs1)C2=O)C(=O)O. The zero-order valence-electron chi connectivity index (χ0n) is 15.5. The zero-order chi connectivity index (χ0) is 20.8. The predicted octanol–water partition coefficient (Wildman–Crippen LogP) is 3.07. The number of carboxylic acids is 1. The topological polar surface area (TPSA) is 102 Å². The van der Waals surface area contributed by atoms with Crippen LogP contribution in [0.4, 0.5) is 0 Å². The summed E-state index contributed by atoms with van der Waals surface area (Å²) in [5.41, 5.74) is 0.424. The monoisotopic (exact) mass is 433 g/mol. The number of thiophene rings is 1. The van der Waals surface area contributed by atoms with Crippen molar-refractivity contribution in [3.8, 4) is 11.5 Å². The highest BCUT2D eigenvalue weighted by Crippen LogP contribution is 2.35. The van der Waals surface area contributed by atoms with Gasteiger partial charge in [0.25, 0.3) is 5.91 Å². The fourth-order valence-corrected chi connectivity index (χ4v) is 3.76. The fraction of sp³-hybridized carbons (Fsp3) is 0.250. The van der Waals surface area contributed by atoms with Gasteiger partial charge < -0.3 is 19.9 Å². The Morgan fingerprint density at radius 2 is 2.21 bits per heavy atom. The summed E-state index contributed by atoms with van der Waals surface area (Å²) in [4.78, 5) is 36.5. The highest BCUT2D eigenvalue weighted by Gasteiger charge is 2.28. The molecule has 0 saturated heterocycles. The Balaban J connectivity index is 1.60. The zero-order valence-corrected chi connectivity index (χ0v) is 17.2. The van der Waals surface area contributed by atoms with Crippen molar-refractivity contribution < 1.29 is 29.0 Å². The first-order chi connectivity index (χ1) is 14.0. The van der Waals surface area contributed by atoms with Crippen LogP contribution >= 0.6 is 23.1 Å². The van der Waals surface area contributed by atoms with Crippen LogP contribution in [0.3, 0.4) is 0 Å². The highest BCUT2D eigenvalue weighted by molar-refractivity contribution is 7.98. The lowest BCUT2D eigenvalue weighted by molar-refractivity contribution is -0.142. The Labute approximate surface area is 175 Å². The van der Waals surface area contributed by atoms with Crippen LogP contribution in [0.5, 0.6) is 11.5 Å². The Kier molecular flexibility index (Phi) is 6.95. The quantitative estimate of drug-likeness (QED) is 0.586. The summed E-state index contributed by atoms with van der Waals surface area (Å²) in [5, 5.41) is 13.5. The minimum atomic E-state index is -1.08. The number of rotatable bonds is 9. The van der Waals surface area contributed by atoms with E-state index in [0.29, 0.717) is 29.2 Å². The molecule has 2 aromatic rings. The van der Waals surface area contributed by atoms with Crippen molar-refractivity contribution in [2.75, 3.05) is 18.6 Å². The number of amides is 1. The molecule has 152 valence electrons. The van der Waals surface area contributed by atoms with Crippen LogP contribution in [-0.4, -0.2) is 47.4 Å². The summed E-state index contributed by atoms with van der Waals surface area (Å²) in [5.74, 6) is -0.267. The molecular weight excluding hydrogens is 414 g/mol. The average molecular weight is 434 g/mol. The van der Waals surface area contributed by atoms with Crippen molar-refractivity contribution in [3.05, 3.63) is 51.9 Å². The summed E-state index contributed by atoms with van der Waals surface area (Å²) in [6.45, 7) is -0.340. The van der Waals surface area contributed by atoms with E-state index in [1.165, 1.54) is 29.2 Å². The third-order valence-electron chi connectivity index (χ3n) is 4.07. The lowest BCUT2D eigenvalue weighted by atomic mass is 10.1. The van der Waals surface area contributed by atoms with Gasteiger partial charge in [-0.05, 0) is 42.0 Å². The van der Waals surface area contributed by atoms with Crippen LogP contribution in [0, 0.1) is 0 Å². The van der Waals surface area contributed by atoms with Crippen molar-refractivity contribution in [3.63, 3.8) is 0 Å². The molecule has 0 saturated carbocycles. The minimum Gasteiger partial charge on any atom is -0.484 e. The van der Waals surface area contributed by atoms with E-state index >= 15 is 0 Å². The number of benzene rings is 1. The molecule has 1 atom stereocenters. The molecule has 1 amide bonds. The standard InChI is InChI=1S/C20H19NO6S2/c1-28-8-6-15(20(24)25)21-18(22)11-26-12-4-5-14-16(9-12)27-17(19(14)23)10-13-3-2-7-29-13/h2-5,7,9-10,15H,6,8,11H2,1H3,(H,21,22)(H,24,25). The maximum Gasteiger partial charge on any atom is 0.326 e.